The number of nitrogens with one attached hydrogen (secondary N) is 1. The van der Waals surface area contributed by atoms with Gasteiger partial charge in [-0.2, -0.15) is 4.31 Å². The van der Waals surface area contributed by atoms with Crippen LogP contribution < -0.4 is 5.32 Å². The molecule has 1 N–H and O–H groups in total. The number of nitro benzene ring substituents is 1. The van der Waals surface area contributed by atoms with Crippen LogP contribution in [0.3, 0.4) is 0 Å². The standard InChI is InChI=1S/C21H29N3O5S/c1-14(21-10-15-6-16(11-21)8-17(7-15)12-21)22-20(25)13-23(2)30(28,29)19-5-3-4-18(9-19)24(26)27/h3-5,9,14-17H,6-8,10-13H2,1-2H3,(H,22,25). The molecule has 30 heavy (non-hydrogen) atoms. The van der Waals surface area contributed by atoms with Crippen molar-refractivity contribution in [1.82, 2.24) is 9.62 Å². The van der Waals surface area contributed by atoms with Crippen molar-refractivity contribution in [3.8, 4) is 0 Å². The molecule has 4 aliphatic rings. The van der Waals surface area contributed by atoms with Gasteiger partial charge in [0.05, 0.1) is 16.4 Å². The highest BCUT2D eigenvalue weighted by Crippen LogP contribution is 2.61. The third-order valence-corrected chi connectivity index (χ3v) is 9.28. The van der Waals surface area contributed by atoms with Crippen LogP contribution >= 0.6 is 0 Å². The monoisotopic (exact) mass is 435 g/mol. The highest BCUT2D eigenvalue weighted by atomic mass is 32.2. The average molecular weight is 436 g/mol. The molecular formula is C21H29N3O5S. The van der Waals surface area contributed by atoms with Gasteiger partial charge < -0.3 is 5.32 Å². The van der Waals surface area contributed by atoms with Crippen molar-refractivity contribution >= 4 is 21.6 Å². The second-order valence-corrected chi connectivity index (χ2v) is 11.6. The molecule has 1 unspecified atom stereocenters. The first kappa shape index (κ1) is 21.2. The Bertz CT molecular complexity index is 926. The van der Waals surface area contributed by atoms with Gasteiger partial charge in [0.25, 0.3) is 5.69 Å². The van der Waals surface area contributed by atoms with E-state index in [4.69, 9.17) is 0 Å². The summed E-state index contributed by atoms with van der Waals surface area (Å²) in [5.74, 6) is 1.97. The van der Waals surface area contributed by atoms with E-state index in [1.807, 2.05) is 0 Å². The molecule has 0 aromatic heterocycles. The molecule has 9 heteroatoms. The first-order valence-electron chi connectivity index (χ1n) is 10.6. The van der Waals surface area contributed by atoms with E-state index in [1.54, 1.807) is 0 Å². The van der Waals surface area contributed by atoms with Crippen molar-refractivity contribution in [3.05, 3.63) is 34.4 Å². The lowest BCUT2D eigenvalue weighted by Crippen LogP contribution is -2.56. The van der Waals surface area contributed by atoms with Gasteiger partial charge >= 0.3 is 0 Å². The van der Waals surface area contributed by atoms with E-state index >= 15 is 0 Å². The van der Waals surface area contributed by atoms with Crippen LogP contribution in [-0.4, -0.2) is 43.2 Å². The predicted molar refractivity (Wildman–Crippen MR) is 111 cm³/mol. The molecule has 4 saturated carbocycles. The van der Waals surface area contributed by atoms with Crippen LogP contribution in [0.5, 0.6) is 0 Å². The fraction of sp³-hybridized carbons (Fsp3) is 0.667. The predicted octanol–water partition coefficient (Wildman–Crippen LogP) is 2.94. The molecule has 5 rings (SSSR count). The average Bonchev–Trinajstić information content (AvgIpc) is 2.66. The summed E-state index contributed by atoms with van der Waals surface area (Å²) in [7, 11) is -2.68. The van der Waals surface area contributed by atoms with Crippen molar-refractivity contribution in [3.63, 3.8) is 0 Å². The molecule has 8 nitrogen and oxygen atoms in total. The van der Waals surface area contributed by atoms with E-state index in [2.05, 4.69) is 12.2 Å². The summed E-state index contributed by atoms with van der Waals surface area (Å²) in [6, 6.07) is 4.89. The number of non-ortho nitro benzene ring substituents is 1. The van der Waals surface area contributed by atoms with Crippen molar-refractivity contribution in [1.29, 1.82) is 0 Å². The van der Waals surface area contributed by atoms with Crippen LogP contribution in [0.1, 0.15) is 45.4 Å². The van der Waals surface area contributed by atoms with Crippen molar-refractivity contribution < 1.29 is 18.1 Å². The number of sulfonamides is 1. The smallest absolute Gasteiger partial charge is 0.270 e. The highest BCUT2D eigenvalue weighted by Gasteiger charge is 2.53. The van der Waals surface area contributed by atoms with Gasteiger partial charge in [-0.25, -0.2) is 8.42 Å². The first-order chi connectivity index (χ1) is 14.1. The molecular weight excluding hydrogens is 406 g/mol. The molecule has 4 fully saturated rings. The van der Waals surface area contributed by atoms with E-state index < -0.39 is 14.9 Å². The van der Waals surface area contributed by atoms with Crippen LogP contribution in [0.15, 0.2) is 29.2 Å². The lowest BCUT2D eigenvalue weighted by molar-refractivity contribution is -0.385. The minimum absolute atomic E-state index is 0.00677. The summed E-state index contributed by atoms with van der Waals surface area (Å²) in [6.45, 7) is 1.74. The molecule has 1 aromatic rings. The quantitative estimate of drug-likeness (QED) is 0.523. The van der Waals surface area contributed by atoms with Crippen molar-refractivity contribution in [2.24, 2.45) is 23.2 Å². The van der Waals surface area contributed by atoms with Gasteiger partial charge in [-0.3, -0.25) is 14.9 Å². The lowest BCUT2D eigenvalue weighted by atomic mass is 9.48. The molecule has 4 bridgehead atoms. The van der Waals surface area contributed by atoms with Gasteiger partial charge in [-0.15, -0.1) is 0 Å². The number of nitrogens with zero attached hydrogens (tertiary/aromatic N) is 2. The van der Waals surface area contributed by atoms with E-state index in [0.717, 1.165) is 47.4 Å². The summed E-state index contributed by atoms with van der Waals surface area (Å²) in [6.07, 6.45) is 7.44. The van der Waals surface area contributed by atoms with E-state index in [-0.39, 0.29) is 34.5 Å². The topological polar surface area (TPSA) is 110 Å². The van der Waals surface area contributed by atoms with Crippen LogP contribution in [-0.2, 0) is 14.8 Å². The molecule has 4 aliphatic carbocycles. The Morgan fingerprint density at radius 3 is 2.33 bits per heavy atom. The van der Waals surface area contributed by atoms with Crippen LogP contribution in [0.4, 0.5) is 5.69 Å². The van der Waals surface area contributed by atoms with Crippen molar-refractivity contribution in [2.75, 3.05) is 13.6 Å². The fourth-order valence-corrected chi connectivity index (χ4v) is 7.54. The maximum absolute atomic E-state index is 12.8. The summed E-state index contributed by atoms with van der Waals surface area (Å²) >= 11 is 0. The first-order valence-corrected chi connectivity index (χ1v) is 12.0. The lowest BCUT2D eigenvalue weighted by Gasteiger charge is -2.59. The van der Waals surface area contributed by atoms with E-state index in [1.165, 1.54) is 44.5 Å². The summed E-state index contributed by atoms with van der Waals surface area (Å²) < 4.78 is 26.5. The molecule has 1 aromatic carbocycles. The number of benzene rings is 1. The third kappa shape index (κ3) is 3.85. The Morgan fingerprint density at radius 2 is 1.80 bits per heavy atom. The van der Waals surface area contributed by atoms with Gasteiger partial charge in [-0.1, -0.05) is 6.07 Å². The maximum Gasteiger partial charge on any atom is 0.270 e. The van der Waals surface area contributed by atoms with Gasteiger partial charge in [-0.05, 0) is 74.7 Å². The molecule has 0 heterocycles. The van der Waals surface area contributed by atoms with Crippen LogP contribution in [0.25, 0.3) is 0 Å². The highest BCUT2D eigenvalue weighted by molar-refractivity contribution is 7.89. The van der Waals surface area contributed by atoms with Gasteiger partial charge in [0.15, 0.2) is 0 Å². The zero-order valence-corrected chi connectivity index (χ0v) is 18.2. The summed E-state index contributed by atoms with van der Waals surface area (Å²) in [4.78, 5) is 22.8. The number of nitro groups is 1. The molecule has 1 amide bonds. The fourth-order valence-electron chi connectivity index (χ4n) is 6.37. The second kappa shape index (κ2) is 7.60. The molecule has 1 atom stereocenters. The number of likely N-dealkylation sites (N-methyl/N-ethyl adjacent to an activating group) is 1. The minimum atomic E-state index is -4.00. The second-order valence-electron chi connectivity index (χ2n) is 9.58. The Labute approximate surface area is 177 Å². The Balaban J connectivity index is 1.41. The van der Waals surface area contributed by atoms with E-state index in [9.17, 15) is 23.3 Å². The van der Waals surface area contributed by atoms with Gasteiger partial charge in [0.2, 0.25) is 15.9 Å². The van der Waals surface area contributed by atoms with Crippen LogP contribution in [0.2, 0.25) is 0 Å². The number of rotatable bonds is 7. The molecule has 0 aliphatic heterocycles. The number of carbonyl (C=O) groups excluding carboxylic acids is 1. The zero-order valence-electron chi connectivity index (χ0n) is 17.4. The van der Waals surface area contributed by atoms with Crippen molar-refractivity contribution in [2.45, 2.75) is 56.4 Å². The molecule has 164 valence electrons. The number of hydrogen-bond donors (Lipinski definition) is 1. The minimum Gasteiger partial charge on any atom is -0.352 e. The van der Waals surface area contributed by atoms with E-state index in [0.29, 0.717) is 0 Å². The molecule has 0 spiro atoms. The van der Waals surface area contributed by atoms with Gasteiger partial charge in [0, 0.05) is 25.2 Å². The third-order valence-electron chi connectivity index (χ3n) is 7.48. The number of hydrogen-bond acceptors (Lipinski definition) is 5. The maximum atomic E-state index is 12.8. The SMILES string of the molecule is CC(NC(=O)CN(C)S(=O)(=O)c1cccc([N+](=O)[O-])c1)C12CC3CC(CC(C3)C1)C2. The molecule has 0 radical (unpaired) electrons. The largest absolute Gasteiger partial charge is 0.352 e. The Morgan fingerprint density at radius 1 is 1.23 bits per heavy atom. The number of amides is 1. The zero-order chi connectivity index (χ0) is 21.7. The number of carbonyl (C=O) groups is 1. The molecule has 0 saturated heterocycles. The Hall–Kier alpha value is -2.00. The summed E-state index contributed by atoms with van der Waals surface area (Å²) in [5.41, 5.74) is -0.161. The Kier molecular flexibility index (Phi) is 5.38. The van der Waals surface area contributed by atoms with Crippen LogP contribution in [0, 0.1) is 33.3 Å². The summed E-state index contributed by atoms with van der Waals surface area (Å²) in [5, 5.41) is 14.0. The van der Waals surface area contributed by atoms with Gasteiger partial charge in [0.1, 0.15) is 0 Å². The normalized spacial score (nSPS) is 31.0.